The molecule has 24 heteroatoms. The van der Waals surface area contributed by atoms with Crippen LogP contribution in [-0.2, 0) is 0 Å². The van der Waals surface area contributed by atoms with Crippen molar-refractivity contribution in [3.8, 4) is 69.0 Å². The molecule has 0 aliphatic rings. The second kappa shape index (κ2) is 25.1. The molecule has 0 spiro atoms. The third-order valence-electron chi connectivity index (χ3n) is 7.89. The van der Waals surface area contributed by atoms with Crippen LogP contribution in [0.25, 0.3) is 0 Å². The molecule has 0 aromatic heterocycles. The summed E-state index contributed by atoms with van der Waals surface area (Å²) < 4.78 is 0. The van der Waals surface area contributed by atoms with Crippen LogP contribution in [0.2, 0.25) is 0 Å². The van der Waals surface area contributed by atoms with Crippen molar-refractivity contribution in [1.29, 1.82) is 0 Å². The van der Waals surface area contributed by atoms with Crippen LogP contribution < -0.4 is 30.6 Å². The molecule has 24 nitrogen and oxygen atoms in total. The van der Waals surface area contributed by atoms with Crippen molar-refractivity contribution >= 4 is 35.8 Å². The lowest BCUT2D eigenvalue weighted by molar-refractivity contribution is -0.271. The third-order valence-corrected chi connectivity index (χ3v) is 7.89. The summed E-state index contributed by atoms with van der Waals surface area (Å²) in [5, 5.41) is 169. The van der Waals surface area contributed by atoms with Crippen LogP contribution in [0.4, 0.5) is 0 Å². The second-order valence-electron chi connectivity index (χ2n) is 12.7. The first kappa shape index (κ1) is 55.8. The number of carbonyl (C=O) groups is 6. The second-order valence-corrected chi connectivity index (χ2v) is 12.7. The summed E-state index contributed by atoms with van der Waals surface area (Å²) in [6, 6.07) is 18.0. The maximum absolute atomic E-state index is 11.0. The van der Waals surface area contributed by atoms with Gasteiger partial charge in [0.15, 0.2) is 0 Å². The van der Waals surface area contributed by atoms with E-state index in [4.69, 9.17) is 61.3 Å². The highest BCUT2D eigenvalue weighted by Gasteiger charge is 2.11. The van der Waals surface area contributed by atoms with Gasteiger partial charge in [-0.05, 0) is 86.1 Å². The van der Waals surface area contributed by atoms with E-state index >= 15 is 0 Å². The van der Waals surface area contributed by atoms with Crippen molar-refractivity contribution in [3.05, 3.63) is 142 Å². The topological polar surface area (TPSA) is 484 Å². The van der Waals surface area contributed by atoms with E-state index < -0.39 is 104 Å². The average Bonchev–Trinajstić information content (AvgIpc) is 3.22. The molecule has 6 aromatic carbocycles. The summed E-state index contributed by atoms with van der Waals surface area (Å²) in [4.78, 5) is 61.9. The number of hydrogen-bond donors (Lipinski definition) is 12. The van der Waals surface area contributed by atoms with E-state index in [9.17, 15) is 59.4 Å². The predicted octanol–water partition coefficient (Wildman–Crippen LogP) is 1.60. The zero-order valence-corrected chi connectivity index (χ0v) is 34.5. The lowest BCUT2D eigenvalue weighted by atomic mass is 10.1. The van der Waals surface area contributed by atoms with E-state index in [1.807, 2.05) is 0 Å². The third kappa shape index (κ3) is 16.5. The quantitative estimate of drug-likeness (QED) is 0.113. The standard InChI is InChI=1S/2C8H8O4.4C7H6O4/c1-4-2-5(9)3-6(10)7(4)8(11)12;1-4-2-3-5(8(11)12)7(10)6(4)9;8-4-1-2-6(9)5(3-4)7(10)11;8-4-1-2-5(7(10)11)6(9)3-4;8-4-2-1-3-5(9)6(4)7(10)11;8-5-3-1-2-4(6(5)9)7(10)11/h2*2-3,9-10H,1H3,(H,11,12);4*1-3,8-9H,(H,10,11)/p-6. The number of aromatic hydroxyl groups is 6. The number of hydrogen-bond acceptors (Lipinski definition) is 18. The maximum atomic E-state index is 11.0. The van der Waals surface area contributed by atoms with Crippen LogP contribution in [0.1, 0.15) is 73.3 Å². The van der Waals surface area contributed by atoms with Gasteiger partial charge in [0.25, 0.3) is 0 Å². The van der Waals surface area contributed by atoms with Crippen LogP contribution in [0.3, 0.4) is 0 Å². The van der Waals surface area contributed by atoms with Gasteiger partial charge in [-0.15, -0.1) is 0 Å². The number of phenolic OH excluding ortho intramolecular Hbond substituents is 4. The highest BCUT2D eigenvalue weighted by atomic mass is 16.4. The molecule has 0 atom stereocenters. The van der Waals surface area contributed by atoms with Crippen LogP contribution in [0, 0.1) is 13.8 Å². The molecule has 68 heavy (non-hydrogen) atoms. The van der Waals surface area contributed by atoms with Gasteiger partial charge in [0, 0.05) is 0 Å². The minimum atomic E-state index is -1.41. The van der Waals surface area contributed by atoms with Gasteiger partial charge < -0.3 is 91.9 Å². The molecular weight excluding hydrogens is 912 g/mol. The van der Waals surface area contributed by atoms with Gasteiger partial charge in [0.2, 0.25) is 0 Å². The van der Waals surface area contributed by atoms with Crippen molar-refractivity contribution in [1.82, 2.24) is 0 Å². The van der Waals surface area contributed by atoms with Crippen molar-refractivity contribution in [2.75, 3.05) is 0 Å². The number of carboxylic acids is 6. The Morgan fingerprint density at radius 1 is 0.353 bits per heavy atom. The number of carboxylic acid groups (broad SMARTS) is 6. The summed E-state index contributed by atoms with van der Waals surface area (Å²) in [6.07, 6.45) is 0. The molecule has 6 aromatic rings. The Bertz CT molecular complexity index is 2760. The van der Waals surface area contributed by atoms with E-state index in [2.05, 4.69) is 0 Å². The molecule has 0 radical (unpaired) electrons. The molecule has 0 heterocycles. The molecule has 0 aliphatic heterocycles. The SMILES string of the molecule is Cc1cc(O)cc([O-])c1C(=O)O.Cc1ccc(C(=O)O)c(O)c1[O-].O=C(O)c1c([O-])cccc1O.O=C(O)c1cc(O)ccc1[O-].O=C(O)c1ccc(O)cc1[O-].O=C(O)c1cccc(O)c1[O-]. The molecule has 0 unspecified atom stereocenters. The Balaban J connectivity index is 0.000000408. The first-order valence-corrected chi connectivity index (χ1v) is 17.9. The Labute approximate surface area is 380 Å². The molecule has 0 saturated carbocycles. The number of phenols is 6. The largest absolute Gasteiger partial charge is 0.872 e. The summed E-state index contributed by atoms with van der Waals surface area (Å²) >= 11 is 0. The molecular formula is C44H34O24-6. The average molecular weight is 947 g/mol. The highest BCUT2D eigenvalue weighted by molar-refractivity contribution is 5.95. The van der Waals surface area contributed by atoms with Crippen LogP contribution in [-0.4, -0.2) is 97.1 Å². The molecule has 0 bridgehead atoms. The Morgan fingerprint density at radius 3 is 1.26 bits per heavy atom. The fourth-order valence-corrected chi connectivity index (χ4v) is 4.66. The predicted molar refractivity (Wildman–Crippen MR) is 217 cm³/mol. The van der Waals surface area contributed by atoms with Crippen molar-refractivity contribution in [2.24, 2.45) is 0 Å². The minimum Gasteiger partial charge on any atom is -0.872 e. The monoisotopic (exact) mass is 946 g/mol. The Morgan fingerprint density at radius 2 is 0.824 bits per heavy atom. The van der Waals surface area contributed by atoms with Crippen molar-refractivity contribution in [2.45, 2.75) is 13.8 Å². The first-order valence-electron chi connectivity index (χ1n) is 17.9. The van der Waals surface area contributed by atoms with Gasteiger partial charge in [0.05, 0.1) is 27.8 Å². The van der Waals surface area contributed by atoms with Gasteiger partial charge >= 0.3 is 35.8 Å². The van der Waals surface area contributed by atoms with E-state index in [-0.39, 0.29) is 39.5 Å². The van der Waals surface area contributed by atoms with Gasteiger partial charge in [-0.2, -0.15) is 0 Å². The zero-order valence-electron chi connectivity index (χ0n) is 34.5. The molecule has 6 rings (SSSR count). The molecule has 0 aliphatic carbocycles. The highest BCUT2D eigenvalue weighted by Crippen LogP contribution is 2.30. The lowest BCUT2D eigenvalue weighted by Gasteiger charge is -2.13. The van der Waals surface area contributed by atoms with Crippen LogP contribution >= 0.6 is 0 Å². The fraction of sp³-hybridized carbons (Fsp3) is 0.0455. The Kier molecular flexibility index (Phi) is 20.6. The number of benzene rings is 6. The Hall–Kier alpha value is -10.3. The van der Waals surface area contributed by atoms with Gasteiger partial charge in [-0.3, -0.25) is 0 Å². The lowest BCUT2D eigenvalue weighted by Crippen LogP contribution is -2.05. The summed E-state index contributed by atoms with van der Waals surface area (Å²) in [7, 11) is 0. The first-order chi connectivity index (χ1) is 31.5. The van der Waals surface area contributed by atoms with E-state index in [0.29, 0.717) is 5.56 Å². The smallest absolute Gasteiger partial charge is 0.339 e. The summed E-state index contributed by atoms with van der Waals surface area (Å²) in [6.45, 7) is 2.97. The van der Waals surface area contributed by atoms with Gasteiger partial charge in [0.1, 0.15) is 40.1 Å². The van der Waals surface area contributed by atoms with Crippen LogP contribution in [0.5, 0.6) is 69.0 Å². The number of para-hydroxylation sites is 1. The number of rotatable bonds is 6. The van der Waals surface area contributed by atoms with Gasteiger partial charge in [-0.25, -0.2) is 28.8 Å². The van der Waals surface area contributed by atoms with Crippen molar-refractivity contribution < 1.29 is 121 Å². The summed E-state index contributed by atoms with van der Waals surface area (Å²) in [5.74, 6) is -14.4. The van der Waals surface area contributed by atoms with Crippen molar-refractivity contribution in [3.63, 3.8) is 0 Å². The van der Waals surface area contributed by atoms with E-state index in [1.165, 1.54) is 44.2 Å². The molecule has 0 amide bonds. The van der Waals surface area contributed by atoms with Gasteiger partial charge in [-0.1, -0.05) is 70.4 Å². The molecule has 12 N–H and O–H groups in total. The molecule has 360 valence electrons. The molecule has 0 saturated heterocycles. The summed E-state index contributed by atoms with van der Waals surface area (Å²) in [5.41, 5.74) is -1.77. The normalized spacial score (nSPS) is 9.56. The molecule has 0 fully saturated rings. The fourth-order valence-electron chi connectivity index (χ4n) is 4.66. The van der Waals surface area contributed by atoms with Crippen LogP contribution in [0.15, 0.2) is 97.1 Å². The number of aryl methyl sites for hydroxylation is 2. The maximum Gasteiger partial charge on any atom is 0.339 e. The van der Waals surface area contributed by atoms with E-state index in [0.717, 1.165) is 66.7 Å². The van der Waals surface area contributed by atoms with E-state index in [1.54, 1.807) is 0 Å². The minimum absolute atomic E-state index is 0.206. The zero-order chi connectivity index (χ0) is 52.3. The number of aromatic carboxylic acids is 6.